The molecule has 0 aromatic carbocycles. The molecule has 1 saturated carbocycles. The lowest BCUT2D eigenvalue weighted by Gasteiger charge is -2.08. The topological polar surface area (TPSA) is 65.6 Å². The molecule has 1 aliphatic carbocycles. The van der Waals surface area contributed by atoms with Crippen LogP contribution in [0.1, 0.15) is 18.0 Å². The van der Waals surface area contributed by atoms with Crippen molar-refractivity contribution < 1.29 is 0 Å². The van der Waals surface area contributed by atoms with Crippen molar-refractivity contribution in [2.45, 2.75) is 18.4 Å². The first-order valence-electron chi connectivity index (χ1n) is 5.91. The highest BCUT2D eigenvalue weighted by Crippen LogP contribution is 2.42. The molecule has 2 aromatic rings. The average molecular weight is 294 g/mol. The first-order chi connectivity index (χ1) is 9.24. The summed E-state index contributed by atoms with van der Waals surface area (Å²) in [4.78, 5) is 11.3. The van der Waals surface area contributed by atoms with Gasteiger partial charge in [0, 0.05) is 30.6 Å². The summed E-state index contributed by atoms with van der Waals surface area (Å²) in [6.07, 6.45) is 6.14. The molecule has 19 heavy (non-hydrogen) atoms. The fourth-order valence-electron chi connectivity index (χ4n) is 1.97. The first kappa shape index (κ1) is 12.4. The lowest BCUT2D eigenvalue weighted by molar-refractivity contribution is 0.858. The highest BCUT2D eigenvalue weighted by atomic mass is 35.5. The van der Waals surface area contributed by atoms with E-state index >= 15 is 0 Å². The average Bonchev–Trinajstić information content (AvgIpc) is 2.94. The lowest BCUT2D eigenvalue weighted by Crippen LogP contribution is -2.31. The van der Waals surface area contributed by atoms with Crippen molar-refractivity contribution in [1.29, 1.82) is 0 Å². The Hall–Kier alpha value is -1.66. The number of imidazole rings is 1. The Morgan fingerprint density at radius 3 is 3.05 bits per heavy atom. The third-order valence-corrected chi connectivity index (χ3v) is 3.51. The molecule has 0 radical (unpaired) electrons. The molecule has 2 atom stereocenters. The maximum absolute atomic E-state index is 6.12. The number of rotatable bonds is 3. The molecule has 5 nitrogen and oxygen atoms in total. The van der Waals surface area contributed by atoms with Gasteiger partial charge < -0.3 is 15.6 Å². The van der Waals surface area contributed by atoms with Crippen LogP contribution < -0.4 is 10.6 Å². The number of hydrogen-bond donors (Lipinski definition) is 3. The number of hydrogen-bond acceptors (Lipinski definition) is 3. The minimum Gasteiger partial charge on any atom is -0.359 e. The molecule has 2 unspecified atom stereocenters. The summed E-state index contributed by atoms with van der Waals surface area (Å²) in [5, 5.41) is 7.47. The van der Waals surface area contributed by atoms with E-state index in [0.29, 0.717) is 22.0 Å². The van der Waals surface area contributed by atoms with Crippen LogP contribution >= 0.6 is 23.8 Å². The van der Waals surface area contributed by atoms with Gasteiger partial charge in [0.15, 0.2) is 5.11 Å². The maximum atomic E-state index is 6.12. The summed E-state index contributed by atoms with van der Waals surface area (Å²) in [6.45, 7) is 0. The minimum absolute atomic E-state index is 0.280. The van der Waals surface area contributed by atoms with Crippen molar-refractivity contribution in [3.8, 4) is 0 Å². The van der Waals surface area contributed by atoms with E-state index in [0.717, 1.165) is 12.1 Å². The first-order valence-corrected chi connectivity index (χ1v) is 6.70. The third kappa shape index (κ3) is 2.85. The van der Waals surface area contributed by atoms with E-state index in [2.05, 4.69) is 25.6 Å². The van der Waals surface area contributed by atoms with E-state index in [9.17, 15) is 0 Å². The van der Waals surface area contributed by atoms with Gasteiger partial charge in [0.05, 0.1) is 10.7 Å². The third-order valence-electron chi connectivity index (χ3n) is 2.98. The van der Waals surface area contributed by atoms with Crippen molar-refractivity contribution in [1.82, 2.24) is 20.3 Å². The van der Waals surface area contributed by atoms with Crippen LogP contribution in [0.5, 0.6) is 0 Å². The van der Waals surface area contributed by atoms with Crippen LogP contribution in [-0.4, -0.2) is 26.1 Å². The summed E-state index contributed by atoms with van der Waals surface area (Å²) >= 11 is 11.3. The SMILES string of the molecule is S=C(Nc1ncc[nH]1)NC1CC1c1ncccc1Cl. The Labute approximate surface area is 120 Å². The minimum atomic E-state index is 0.280. The van der Waals surface area contributed by atoms with Gasteiger partial charge in [0.1, 0.15) is 0 Å². The van der Waals surface area contributed by atoms with Gasteiger partial charge in [-0.3, -0.25) is 4.98 Å². The Kier molecular flexibility index (Phi) is 3.35. The largest absolute Gasteiger partial charge is 0.359 e. The summed E-state index contributed by atoms with van der Waals surface area (Å²) in [7, 11) is 0. The van der Waals surface area contributed by atoms with Crippen LogP contribution in [0.15, 0.2) is 30.7 Å². The van der Waals surface area contributed by atoms with Gasteiger partial charge in [0.25, 0.3) is 0 Å². The Balaban J connectivity index is 1.56. The summed E-state index contributed by atoms with van der Waals surface area (Å²) in [6, 6.07) is 3.97. The zero-order chi connectivity index (χ0) is 13.2. The van der Waals surface area contributed by atoms with E-state index in [1.165, 1.54) is 0 Å². The molecule has 0 amide bonds. The number of H-pyrrole nitrogens is 1. The molecular weight excluding hydrogens is 282 g/mol. The van der Waals surface area contributed by atoms with Crippen molar-refractivity contribution in [3.63, 3.8) is 0 Å². The van der Waals surface area contributed by atoms with Gasteiger partial charge in [-0.2, -0.15) is 0 Å². The van der Waals surface area contributed by atoms with Crippen LogP contribution in [0.25, 0.3) is 0 Å². The van der Waals surface area contributed by atoms with Crippen LogP contribution in [0.2, 0.25) is 5.02 Å². The van der Waals surface area contributed by atoms with Crippen LogP contribution in [0.3, 0.4) is 0 Å². The molecule has 0 bridgehead atoms. The number of pyridine rings is 1. The number of halogens is 1. The molecule has 3 N–H and O–H groups in total. The zero-order valence-electron chi connectivity index (χ0n) is 9.93. The molecule has 7 heteroatoms. The van der Waals surface area contributed by atoms with E-state index in [4.69, 9.17) is 23.8 Å². The number of nitrogens with zero attached hydrogens (tertiary/aromatic N) is 2. The molecule has 1 aliphatic rings. The number of anilines is 1. The van der Waals surface area contributed by atoms with Gasteiger partial charge in [0.2, 0.25) is 5.95 Å². The number of thiocarbonyl (C=S) groups is 1. The van der Waals surface area contributed by atoms with Gasteiger partial charge >= 0.3 is 0 Å². The van der Waals surface area contributed by atoms with Crippen LogP contribution in [0.4, 0.5) is 5.95 Å². The lowest BCUT2D eigenvalue weighted by atomic mass is 10.2. The molecule has 0 saturated heterocycles. The van der Waals surface area contributed by atoms with Gasteiger partial charge in [-0.15, -0.1) is 0 Å². The predicted octanol–water partition coefficient (Wildman–Crippen LogP) is 2.30. The normalized spacial score (nSPS) is 20.9. The molecule has 2 aromatic heterocycles. The molecule has 2 heterocycles. The Morgan fingerprint density at radius 1 is 1.42 bits per heavy atom. The molecule has 1 fully saturated rings. The maximum Gasteiger partial charge on any atom is 0.206 e. The van der Waals surface area contributed by atoms with Crippen molar-refractivity contribution in [2.24, 2.45) is 0 Å². The fourth-order valence-corrected chi connectivity index (χ4v) is 2.48. The van der Waals surface area contributed by atoms with Crippen molar-refractivity contribution in [2.75, 3.05) is 5.32 Å². The van der Waals surface area contributed by atoms with Gasteiger partial charge in [-0.1, -0.05) is 11.6 Å². The second kappa shape index (κ2) is 5.14. The molecule has 98 valence electrons. The van der Waals surface area contributed by atoms with Crippen molar-refractivity contribution >= 4 is 34.9 Å². The smallest absolute Gasteiger partial charge is 0.206 e. The number of aromatic nitrogens is 3. The summed E-state index contributed by atoms with van der Waals surface area (Å²) < 4.78 is 0. The van der Waals surface area contributed by atoms with E-state index in [1.807, 2.05) is 12.1 Å². The quantitative estimate of drug-likeness (QED) is 0.758. The van der Waals surface area contributed by atoms with E-state index < -0.39 is 0 Å². The molecule has 3 rings (SSSR count). The molecule has 0 aliphatic heterocycles. The van der Waals surface area contributed by atoms with Crippen molar-refractivity contribution in [3.05, 3.63) is 41.4 Å². The monoisotopic (exact) mass is 293 g/mol. The zero-order valence-corrected chi connectivity index (χ0v) is 11.5. The number of nitrogens with one attached hydrogen (secondary N) is 3. The second-order valence-corrected chi connectivity index (χ2v) is 5.17. The number of aromatic amines is 1. The van der Waals surface area contributed by atoms with Gasteiger partial charge in [-0.05, 0) is 30.8 Å². The Morgan fingerprint density at radius 2 is 2.32 bits per heavy atom. The van der Waals surface area contributed by atoms with Crippen LogP contribution in [-0.2, 0) is 0 Å². The van der Waals surface area contributed by atoms with E-state index in [-0.39, 0.29) is 6.04 Å². The molecular formula is C12H12ClN5S. The standard InChI is InChI=1S/C12H12ClN5S/c13-8-2-1-3-14-10(8)7-6-9(7)17-12(19)18-11-15-4-5-16-11/h1-5,7,9H,6H2,(H3,15,16,17,18,19). The predicted molar refractivity (Wildman–Crippen MR) is 78.3 cm³/mol. The molecule has 0 spiro atoms. The summed E-state index contributed by atoms with van der Waals surface area (Å²) in [5.41, 5.74) is 0.933. The van der Waals surface area contributed by atoms with E-state index in [1.54, 1.807) is 18.6 Å². The summed E-state index contributed by atoms with van der Waals surface area (Å²) in [5.74, 6) is 0.954. The highest BCUT2D eigenvalue weighted by molar-refractivity contribution is 7.80. The highest BCUT2D eigenvalue weighted by Gasteiger charge is 2.41. The van der Waals surface area contributed by atoms with Crippen LogP contribution in [0, 0.1) is 0 Å². The van der Waals surface area contributed by atoms with Gasteiger partial charge in [-0.25, -0.2) is 4.98 Å². The Bertz CT molecular complexity index is 586. The second-order valence-electron chi connectivity index (χ2n) is 4.36. The fraction of sp³-hybridized carbons (Fsp3) is 0.250.